The van der Waals surface area contributed by atoms with Gasteiger partial charge in [-0.1, -0.05) is 12.1 Å². The molecule has 1 fully saturated rings. The summed E-state index contributed by atoms with van der Waals surface area (Å²) in [6.45, 7) is 4.08. The Kier molecular flexibility index (Phi) is 3.00. The molecule has 0 spiro atoms. The molecule has 0 amide bonds. The van der Waals surface area contributed by atoms with Crippen LogP contribution in [0.15, 0.2) is 29.1 Å². The van der Waals surface area contributed by atoms with Gasteiger partial charge in [0.15, 0.2) is 4.77 Å². The van der Waals surface area contributed by atoms with Gasteiger partial charge in [-0.3, -0.25) is 20.2 Å². The SMILES string of the molecule is CC1NNC(C)C1n1c(=S)[nH]c2ccccc2c1=O. The van der Waals surface area contributed by atoms with Crippen LogP contribution in [0.1, 0.15) is 19.9 Å². The fourth-order valence-electron chi connectivity index (χ4n) is 2.76. The van der Waals surface area contributed by atoms with Gasteiger partial charge in [-0.15, -0.1) is 0 Å². The minimum Gasteiger partial charge on any atom is -0.332 e. The molecule has 3 rings (SSSR count). The fourth-order valence-corrected chi connectivity index (χ4v) is 3.08. The molecular weight excluding hydrogens is 260 g/mol. The van der Waals surface area contributed by atoms with E-state index in [0.29, 0.717) is 10.2 Å². The second-order valence-corrected chi connectivity index (χ2v) is 5.39. The molecular formula is C13H16N4OS. The standard InChI is InChI=1S/C13H16N4OS/c1-7-11(8(2)16-15-7)17-12(18)9-5-3-4-6-10(9)14-13(17)19/h3-8,11,15-16H,1-2H3,(H,14,19). The summed E-state index contributed by atoms with van der Waals surface area (Å²) in [6.07, 6.45) is 0. The van der Waals surface area contributed by atoms with E-state index >= 15 is 0 Å². The van der Waals surface area contributed by atoms with Crippen molar-refractivity contribution in [1.29, 1.82) is 0 Å². The zero-order valence-corrected chi connectivity index (χ0v) is 11.6. The van der Waals surface area contributed by atoms with E-state index in [2.05, 4.69) is 15.8 Å². The van der Waals surface area contributed by atoms with Crippen molar-refractivity contribution in [2.75, 3.05) is 0 Å². The summed E-state index contributed by atoms with van der Waals surface area (Å²) in [4.78, 5) is 15.8. The largest absolute Gasteiger partial charge is 0.332 e. The molecule has 0 aliphatic carbocycles. The maximum Gasteiger partial charge on any atom is 0.262 e. The number of hydrazine groups is 1. The first-order chi connectivity index (χ1) is 9.09. The van der Waals surface area contributed by atoms with Crippen molar-refractivity contribution in [3.63, 3.8) is 0 Å². The van der Waals surface area contributed by atoms with E-state index in [4.69, 9.17) is 12.2 Å². The molecule has 6 heteroatoms. The average molecular weight is 276 g/mol. The molecule has 2 heterocycles. The van der Waals surface area contributed by atoms with Gasteiger partial charge in [0, 0.05) is 12.1 Å². The van der Waals surface area contributed by atoms with Crippen LogP contribution >= 0.6 is 12.2 Å². The van der Waals surface area contributed by atoms with E-state index in [1.165, 1.54) is 0 Å². The van der Waals surface area contributed by atoms with Crippen LogP contribution in [0.3, 0.4) is 0 Å². The molecule has 19 heavy (non-hydrogen) atoms. The van der Waals surface area contributed by atoms with Gasteiger partial charge in [-0.2, -0.15) is 0 Å². The molecule has 2 aromatic rings. The van der Waals surface area contributed by atoms with Crippen molar-refractivity contribution >= 4 is 23.1 Å². The second-order valence-electron chi connectivity index (χ2n) is 5.01. The number of rotatable bonds is 1. The molecule has 0 saturated carbocycles. The third kappa shape index (κ3) is 1.92. The van der Waals surface area contributed by atoms with Crippen molar-refractivity contribution in [3.8, 4) is 0 Å². The molecule has 1 aliphatic rings. The quantitative estimate of drug-likeness (QED) is 0.691. The Morgan fingerprint density at radius 2 is 1.79 bits per heavy atom. The van der Waals surface area contributed by atoms with Crippen molar-refractivity contribution < 1.29 is 0 Å². The minimum absolute atomic E-state index is 0.000793. The third-order valence-corrected chi connectivity index (χ3v) is 4.00. The average Bonchev–Trinajstić information content (AvgIpc) is 2.71. The Labute approximate surface area is 115 Å². The Hall–Kier alpha value is -1.50. The van der Waals surface area contributed by atoms with Crippen molar-refractivity contribution in [2.45, 2.75) is 32.0 Å². The van der Waals surface area contributed by atoms with E-state index in [9.17, 15) is 4.79 Å². The highest BCUT2D eigenvalue weighted by atomic mass is 32.1. The molecule has 3 N–H and O–H groups in total. The number of hydrogen-bond acceptors (Lipinski definition) is 4. The maximum atomic E-state index is 12.6. The lowest BCUT2D eigenvalue weighted by Crippen LogP contribution is -2.36. The Bertz CT molecular complexity index is 725. The lowest BCUT2D eigenvalue weighted by Gasteiger charge is -2.21. The Balaban J connectivity index is 2.30. The fraction of sp³-hybridized carbons (Fsp3) is 0.385. The van der Waals surface area contributed by atoms with Crippen LogP contribution in [-0.2, 0) is 0 Å². The summed E-state index contributed by atoms with van der Waals surface area (Å²) in [7, 11) is 0. The number of hydrogen-bond donors (Lipinski definition) is 3. The number of aromatic nitrogens is 2. The second kappa shape index (κ2) is 4.56. The van der Waals surface area contributed by atoms with Crippen molar-refractivity contribution in [1.82, 2.24) is 20.4 Å². The number of benzene rings is 1. The molecule has 2 unspecified atom stereocenters. The van der Waals surface area contributed by atoms with Crippen molar-refractivity contribution in [3.05, 3.63) is 39.4 Å². The molecule has 2 atom stereocenters. The number of H-pyrrole nitrogens is 1. The highest BCUT2D eigenvalue weighted by Crippen LogP contribution is 2.20. The number of para-hydroxylation sites is 1. The van der Waals surface area contributed by atoms with Gasteiger partial charge >= 0.3 is 0 Å². The van der Waals surface area contributed by atoms with Crippen LogP contribution in [0.2, 0.25) is 0 Å². The van der Waals surface area contributed by atoms with Gasteiger partial charge in [0.2, 0.25) is 0 Å². The number of nitrogens with one attached hydrogen (secondary N) is 3. The normalized spacial score (nSPS) is 26.9. The van der Waals surface area contributed by atoms with Crippen LogP contribution in [0.5, 0.6) is 0 Å². The van der Waals surface area contributed by atoms with Gasteiger partial charge in [0.25, 0.3) is 5.56 Å². The van der Waals surface area contributed by atoms with Crippen LogP contribution in [0, 0.1) is 4.77 Å². The molecule has 100 valence electrons. The van der Waals surface area contributed by atoms with Gasteiger partial charge in [-0.25, -0.2) is 0 Å². The zero-order chi connectivity index (χ0) is 13.6. The van der Waals surface area contributed by atoms with Gasteiger partial charge < -0.3 is 4.98 Å². The summed E-state index contributed by atoms with van der Waals surface area (Å²) in [5.41, 5.74) is 7.05. The summed E-state index contributed by atoms with van der Waals surface area (Å²) in [5.74, 6) is 0. The van der Waals surface area contributed by atoms with Crippen LogP contribution in [-0.4, -0.2) is 21.6 Å². The predicted octanol–water partition coefficient (Wildman–Crippen LogP) is 1.48. The molecule has 1 saturated heterocycles. The number of fused-ring (bicyclic) bond motifs is 1. The molecule has 1 aromatic heterocycles. The summed E-state index contributed by atoms with van der Waals surface area (Å²) in [5, 5.41) is 0.669. The zero-order valence-electron chi connectivity index (χ0n) is 10.8. The van der Waals surface area contributed by atoms with Gasteiger partial charge in [0.1, 0.15) is 0 Å². The lowest BCUT2D eigenvalue weighted by atomic mass is 10.1. The topological polar surface area (TPSA) is 61.9 Å². The summed E-state index contributed by atoms with van der Waals surface area (Å²) < 4.78 is 2.15. The lowest BCUT2D eigenvalue weighted by molar-refractivity contribution is 0.412. The first-order valence-corrected chi connectivity index (χ1v) is 6.75. The van der Waals surface area contributed by atoms with E-state index in [1.807, 2.05) is 38.1 Å². The van der Waals surface area contributed by atoms with Gasteiger partial charge in [0.05, 0.1) is 16.9 Å². The number of aromatic amines is 1. The smallest absolute Gasteiger partial charge is 0.262 e. The van der Waals surface area contributed by atoms with Gasteiger partial charge in [-0.05, 0) is 38.2 Å². The van der Waals surface area contributed by atoms with E-state index < -0.39 is 0 Å². The molecule has 1 aliphatic heterocycles. The van der Waals surface area contributed by atoms with E-state index in [-0.39, 0.29) is 23.7 Å². The number of nitrogens with zero attached hydrogens (tertiary/aromatic N) is 1. The third-order valence-electron chi connectivity index (χ3n) is 3.70. The first kappa shape index (κ1) is 12.5. The first-order valence-electron chi connectivity index (χ1n) is 6.34. The highest BCUT2D eigenvalue weighted by molar-refractivity contribution is 7.71. The molecule has 0 bridgehead atoms. The Morgan fingerprint density at radius 1 is 1.16 bits per heavy atom. The van der Waals surface area contributed by atoms with Crippen molar-refractivity contribution in [2.24, 2.45) is 0 Å². The highest BCUT2D eigenvalue weighted by Gasteiger charge is 2.32. The van der Waals surface area contributed by atoms with Crippen LogP contribution in [0.25, 0.3) is 10.9 Å². The van der Waals surface area contributed by atoms with Crippen LogP contribution in [0.4, 0.5) is 0 Å². The predicted molar refractivity (Wildman–Crippen MR) is 77.6 cm³/mol. The monoisotopic (exact) mass is 276 g/mol. The Morgan fingerprint density at radius 3 is 2.47 bits per heavy atom. The van der Waals surface area contributed by atoms with E-state index in [0.717, 1.165) is 5.52 Å². The van der Waals surface area contributed by atoms with Crippen LogP contribution < -0.4 is 16.4 Å². The molecule has 0 radical (unpaired) electrons. The minimum atomic E-state index is -0.0337. The molecule has 1 aromatic carbocycles. The maximum absolute atomic E-state index is 12.6. The van der Waals surface area contributed by atoms with E-state index in [1.54, 1.807) is 4.57 Å². The summed E-state index contributed by atoms with van der Waals surface area (Å²) >= 11 is 5.36. The summed E-state index contributed by atoms with van der Waals surface area (Å²) in [6, 6.07) is 7.73. The molecule has 5 nitrogen and oxygen atoms in total.